The lowest BCUT2D eigenvalue weighted by atomic mass is 10.1. The lowest BCUT2D eigenvalue weighted by molar-refractivity contribution is -0.121. The second kappa shape index (κ2) is 8.91. The number of hydrogen-bond acceptors (Lipinski definition) is 1. The van der Waals surface area contributed by atoms with Gasteiger partial charge in [-0.25, -0.2) is 0 Å². The molecule has 26 heavy (non-hydrogen) atoms. The van der Waals surface area contributed by atoms with Crippen LogP contribution in [-0.4, -0.2) is 17.0 Å². The minimum absolute atomic E-state index is 0.123. The largest absolute Gasteiger partial charge is 0.356 e. The summed E-state index contributed by atoms with van der Waals surface area (Å²) in [6.07, 6.45) is 5.41. The number of amides is 1. The normalized spacial score (nSPS) is 11.0. The van der Waals surface area contributed by atoms with Gasteiger partial charge in [0.1, 0.15) is 0 Å². The van der Waals surface area contributed by atoms with Crippen LogP contribution in [0.15, 0.2) is 54.7 Å². The Balaban J connectivity index is 1.44. The summed E-state index contributed by atoms with van der Waals surface area (Å²) < 4.78 is 2.27. The van der Waals surface area contributed by atoms with E-state index >= 15 is 0 Å². The Labute approximate surface area is 160 Å². The van der Waals surface area contributed by atoms with Crippen LogP contribution in [-0.2, 0) is 24.2 Å². The standard InChI is InChI=1S/C22H25ClN2O/c1-2-25-16-18(20-7-3-4-8-21(20)25)6-5-9-22(26)24-15-14-17-10-12-19(23)13-11-17/h3-4,7-8,10-13,16H,2,5-6,9,14-15H2,1H3,(H,24,26). The number of para-hydroxylation sites is 1. The summed E-state index contributed by atoms with van der Waals surface area (Å²) in [5.74, 6) is 0.123. The summed E-state index contributed by atoms with van der Waals surface area (Å²) in [5.41, 5.74) is 3.79. The van der Waals surface area contributed by atoms with Gasteiger partial charge in [0, 0.05) is 41.6 Å². The SMILES string of the molecule is CCn1cc(CCCC(=O)NCCc2ccc(Cl)cc2)c2ccccc21. The molecule has 0 atom stereocenters. The highest BCUT2D eigenvalue weighted by molar-refractivity contribution is 6.30. The Morgan fingerprint density at radius 1 is 1.08 bits per heavy atom. The van der Waals surface area contributed by atoms with Crippen LogP contribution in [0.2, 0.25) is 5.02 Å². The molecule has 136 valence electrons. The van der Waals surface area contributed by atoms with Crippen molar-refractivity contribution in [2.24, 2.45) is 0 Å². The van der Waals surface area contributed by atoms with E-state index in [4.69, 9.17) is 11.6 Å². The van der Waals surface area contributed by atoms with E-state index < -0.39 is 0 Å². The first kappa shape index (κ1) is 18.5. The number of nitrogens with one attached hydrogen (secondary N) is 1. The molecule has 0 radical (unpaired) electrons. The molecule has 0 saturated carbocycles. The van der Waals surface area contributed by atoms with E-state index in [2.05, 4.69) is 47.3 Å². The van der Waals surface area contributed by atoms with Crippen LogP contribution >= 0.6 is 11.6 Å². The molecule has 0 saturated heterocycles. The number of halogens is 1. The molecule has 4 heteroatoms. The van der Waals surface area contributed by atoms with Crippen LogP contribution in [0.1, 0.15) is 30.9 Å². The molecule has 0 aliphatic rings. The van der Waals surface area contributed by atoms with Gasteiger partial charge < -0.3 is 9.88 Å². The van der Waals surface area contributed by atoms with Crippen molar-refractivity contribution >= 4 is 28.4 Å². The molecule has 3 rings (SSSR count). The summed E-state index contributed by atoms with van der Waals surface area (Å²) >= 11 is 5.88. The minimum Gasteiger partial charge on any atom is -0.356 e. The molecule has 3 nitrogen and oxygen atoms in total. The number of fused-ring (bicyclic) bond motifs is 1. The van der Waals surface area contributed by atoms with Crippen molar-refractivity contribution in [3.05, 3.63) is 70.9 Å². The lowest BCUT2D eigenvalue weighted by Gasteiger charge is -2.05. The van der Waals surface area contributed by atoms with E-state index in [1.165, 1.54) is 22.0 Å². The number of nitrogens with zero attached hydrogens (tertiary/aromatic N) is 1. The zero-order chi connectivity index (χ0) is 18.4. The van der Waals surface area contributed by atoms with E-state index in [1.54, 1.807) is 0 Å². The average Bonchev–Trinajstić information content (AvgIpc) is 3.01. The molecule has 2 aromatic carbocycles. The Morgan fingerprint density at radius 3 is 2.62 bits per heavy atom. The average molecular weight is 369 g/mol. The van der Waals surface area contributed by atoms with E-state index in [0.717, 1.165) is 30.8 Å². The number of aromatic nitrogens is 1. The van der Waals surface area contributed by atoms with Crippen LogP contribution < -0.4 is 5.32 Å². The predicted molar refractivity (Wildman–Crippen MR) is 109 cm³/mol. The van der Waals surface area contributed by atoms with Crippen LogP contribution in [0, 0.1) is 0 Å². The molecule has 1 amide bonds. The van der Waals surface area contributed by atoms with Gasteiger partial charge in [0.2, 0.25) is 5.91 Å². The molecular formula is C22H25ClN2O. The van der Waals surface area contributed by atoms with E-state index in [0.29, 0.717) is 13.0 Å². The summed E-state index contributed by atoms with van der Waals surface area (Å²) in [7, 11) is 0. The van der Waals surface area contributed by atoms with Gasteiger partial charge in [0.05, 0.1) is 0 Å². The second-order valence-electron chi connectivity index (χ2n) is 6.54. The molecule has 0 aliphatic carbocycles. The van der Waals surface area contributed by atoms with Gasteiger partial charge in [0.15, 0.2) is 0 Å². The Hall–Kier alpha value is -2.26. The molecule has 0 aliphatic heterocycles. The van der Waals surface area contributed by atoms with Crippen LogP contribution in [0.25, 0.3) is 10.9 Å². The zero-order valence-electron chi connectivity index (χ0n) is 15.2. The summed E-state index contributed by atoms with van der Waals surface area (Å²) in [6.45, 7) is 3.78. The van der Waals surface area contributed by atoms with Gasteiger partial charge in [-0.1, -0.05) is 41.9 Å². The van der Waals surface area contributed by atoms with Crippen molar-refractivity contribution in [2.45, 2.75) is 39.2 Å². The fourth-order valence-corrected chi connectivity index (χ4v) is 3.43. The highest BCUT2D eigenvalue weighted by Crippen LogP contribution is 2.22. The monoisotopic (exact) mass is 368 g/mol. The number of carbonyl (C=O) groups excluding carboxylic acids is 1. The molecule has 0 bridgehead atoms. The first-order valence-electron chi connectivity index (χ1n) is 9.25. The molecule has 1 N–H and O–H groups in total. The Kier molecular flexibility index (Phi) is 6.35. The third kappa shape index (κ3) is 4.67. The highest BCUT2D eigenvalue weighted by atomic mass is 35.5. The van der Waals surface area contributed by atoms with Crippen molar-refractivity contribution in [1.29, 1.82) is 0 Å². The molecular weight excluding hydrogens is 344 g/mol. The van der Waals surface area contributed by atoms with E-state index in [-0.39, 0.29) is 5.91 Å². The van der Waals surface area contributed by atoms with Gasteiger partial charge >= 0.3 is 0 Å². The third-order valence-electron chi connectivity index (χ3n) is 4.71. The quantitative estimate of drug-likeness (QED) is 0.596. The topological polar surface area (TPSA) is 34.0 Å². The number of aryl methyl sites for hydroxylation is 2. The number of carbonyl (C=O) groups is 1. The Morgan fingerprint density at radius 2 is 1.85 bits per heavy atom. The number of rotatable bonds is 8. The van der Waals surface area contributed by atoms with Crippen molar-refractivity contribution in [3.63, 3.8) is 0 Å². The van der Waals surface area contributed by atoms with E-state index in [1.807, 2.05) is 24.3 Å². The zero-order valence-corrected chi connectivity index (χ0v) is 15.9. The molecule has 0 unspecified atom stereocenters. The highest BCUT2D eigenvalue weighted by Gasteiger charge is 2.08. The van der Waals surface area contributed by atoms with Gasteiger partial charge in [-0.2, -0.15) is 0 Å². The molecule has 0 fully saturated rings. The van der Waals surface area contributed by atoms with Gasteiger partial charge in [-0.3, -0.25) is 4.79 Å². The van der Waals surface area contributed by atoms with Gasteiger partial charge in [-0.05, 0) is 55.5 Å². The smallest absolute Gasteiger partial charge is 0.220 e. The molecule has 3 aromatic rings. The maximum absolute atomic E-state index is 12.1. The second-order valence-corrected chi connectivity index (χ2v) is 6.97. The first-order chi connectivity index (χ1) is 12.7. The maximum atomic E-state index is 12.1. The summed E-state index contributed by atoms with van der Waals surface area (Å²) in [5, 5.41) is 5.05. The van der Waals surface area contributed by atoms with Crippen molar-refractivity contribution in [2.75, 3.05) is 6.54 Å². The van der Waals surface area contributed by atoms with E-state index in [9.17, 15) is 4.79 Å². The predicted octanol–water partition coefficient (Wildman–Crippen LogP) is 5.00. The van der Waals surface area contributed by atoms with Crippen LogP contribution in [0.3, 0.4) is 0 Å². The molecule has 0 spiro atoms. The third-order valence-corrected chi connectivity index (χ3v) is 4.96. The summed E-state index contributed by atoms with van der Waals surface area (Å²) in [6, 6.07) is 16.2. The molecule has 1 aromatic heterocycles. The number of hydrogen-bond donors (Lipinski definition) is 1. The summed E-state index contributed by atoms with van der Waals surface area (Å²) in [4.78, 5) is 12.1. The molecule has 1 heterocycles. The maximum Gasteiger partial charge on any atom is 0.220 e. The van der Waals surface area contributed by atoms with Crippen molar-refractivity contribution in [1.82, 2.24) is 9.88 Å². The minimum atomic E-state index is 0.123. The van der Waals surface area contributed by atoms with Crippen LogP contribution in [0.4, 0.5) is 0 Å². The Bertz CT molecular complexity index is 867. The van der Waals surface area contributed by atoms with Gasteiger partial charge in [-0.15, -0.1) is 0 Å². The lowest BCUT2D eigenvalue weighted by Crippen LogP contribution is -2.25. The fraction of sp³-hybridized carbons (Fsp3) is 0.318. The fourth-order valence-electron chi connectivity index (χ4n) is 3.31. The first-order valence-corrected chi connectivity index (χ1v) is 9.63. The van der Waals surface area contributed by atoms with Crippen LogP contribution in [0.5, 0.6) is 0 Å². The van der Waals surface area contributed by atoms with Crippen molar-refractivity contribution < 1.29 is 4.79 Å². The number of benzene rings is 2. The van der Waals surface area contributed by atoms with Crippen molar-refractivity contribution in [3.8, 4) is 0 Å². The van der Waals surface area contributed by atoms with Gasteiger partial charge in [0.25, 0.3) is 0 Å².